The van der Waals surface area contributed by atoms with Gasteiger partial charge < -0.3 is 20.7 Å². The van der Waals surface area contributed by atoms with Crippen LogP contribution < -0.4 is 16.0 Å². The third-order valence-corrected chi connectivity index (χ3v) is 4.53. The summed E-state index contributed by atoms with van der Waals surface area (Å²) in [5.41, 5.74) is 1.24. The van der Waals surface area contributed by atoms with Gasteiger partial charge in [-0.05, 0) is 32.4 Å². The Morgan fingerprint density at radius 1 is 1.12 bits per heavy atom. The average molecular weight is 348 g/mol. The van der Waals surface area contributed by atoms with E-state index in [9.17, 15) is 0 Å². The van der Waals surface area contributed by atoms with E-state index < -0.39 is 0 Å². The zero-order valence-electron chi connectivity index (χ0n) is 15.8. The Labute approximate surface area is 152 Å². The molecule has 3 N–H and O–H groups in total. The summed E-state index contributed by atoms with van der Waals surface area (Å²) >= 11 is 0. The Hall–Kier alpha value is -1.79. The smallest absolute Gasteiger partial charge is 0.191 e. The van der Waals surface area contributed by atoms with Gasteiger partial charge in [0.2, 0.25) is 0 Å². The van der Waals surface area contributed by atoms with Crippen molar-refractivity contribution in [3.8, 4) is 0 Å². The van der Waals surface area contributed by atoms with Gasteiger partial charge in [-0.2, -0.15) is 0 Å². The molecule has 0 radical (unpaired) electrons. The van der Waals surface area contributed by atoms with E-state index in [1.807, 2.05) is 25.2 Å². The fourth-order valence-corrected chi connectivity index (χ4v) is 2.89. The van der Waals surface area contributed by atoms with Gasteiger partial charge in [-0.1, -0.05) is 18.2 Å². The maximum Gasteiger partial charge on any atom is 0.191 e. The Morgan fingerprint density at radius 2 is 1.84 bits per heavy atom. The average Bonchev–Trinajstić information content (AvgIpc) is 2.65. The van der Waals surface area contributed by atoms with Crippen LogP contribution >= 0.6 is 0 Å². The van der Waals surface area contributed by atoms with E-state index in [1.165, 1.54) is 0 Å². The third-order valence-electron chi connectivity index (χ3n) is 4.53. The highest BCUT2D eigenvalue weighted by atomic mass is 16.5. The lowest BCUT2D eigenvalue weighted by molar-refractivity contribution is -0.00833. The molecular formula is C19H33N5O. The zero-order chi connectivity index (χ0) is 18.0. The van der Waals surface area contributed by atoms with Crippen LogP contribution in [-0.2, 0) is 4.74 Å². The van der Waals surface area contributed by atoms with Gasteiger partial charge in [0.05, 0.1) is 13.2 Å². The van der Waals surface area contributed by atoms with Crippen molar-refractivity contribution in [2.24, 2.45) is 4.99 Å². The first kappa shape index (κ1) is 19.5. The van der Waals surface area contributed by atoms with Crippen molar-refractivity contribution in [1.29, 1.82) is 0 Å². The Balaban J connectivity index is 1.63. The third kappa shape index (κ3) is 6.92. The number of nitrogens with zero attached hydrogens (tertiary/aromatic N) is 2. The van der Waals surface area contributed by atoms with Gasteiger partial charge in [-0.25, -0.2) is 0 Å². The fraction of sp³-hybridized carbons (Fsp3) is 0.632. The lowest BCUT2D eigenvalue weighted by atomic mass is 10.0. The molecule has 0 saturated carbocycles. The summed E-state index contributed by atoms with van der Waals surface area (Å²) in [5, 5.41) is 10.3. The van der Waals surface area contributed by atoms with E-state index in [2.05, 4.69) is 51.8 Å². The number of nitrogens with one attached hydrogen (secondary N) is 3. The van der Waals surface area contributed by atoms with Gasteiger partial charge in [0.15, 0.2) is 5.96 Å². The number of aliphatic imine (C=N–C) groups is 1. The number of morpholine rings is 1. The van der Waals surface area contributed by atoms with E-state index in [0.29, 0.717) is 0 Å². The minimum Gasteiger partial charge on any atom is -0.385 e. The van der Waals surface area contributed by atoms with Crippen LogP contribution in [0.5, 0.6) is 0 Å². The quantitative estimate of drug-likeness (QED) is 0.380. The van der Waals surface area contributed by atoms with Crippen LogP contribution in [-0.4, -0.2) is 69.4 Å². The second-order valence-electron chi connectivity index (χ2n) is 6.91. The molecule has 1 fully saturated rings. The molecule has 6 nitrogen and oxygen atoms in total. The first-order valence-corrected chi connectivity index (χ1v) is 9.18. The molecule has 1 aromatic carbocycles. The number of hydrogen-bond acceptors (Lipinski definition) is 4. The number of hydrogen-bond donors (Lipinski definition) is 3. The molecule has 6 heteroatoms. The van der Waals surface area contributed by atoms with Gasteiger partial charge in [0.25, 0.3) is 0 Å². The second-order valence-corrected chi connectivity index (χ2v) is 6.91. The van der Waals surface area contributed by atoms with Crippen molar-refractivity contribution in [2.45, 2.75) is 25.8 Å². The van der Waals surface area contributed by atoms with Crippen molar-refractivity contribution < 1.29 is 4.74 Å². The van der Waals surface area contributed by atoms with Crippen LogP contribution in [0.1, 0.15) is 20.3 Å². The highest BCUT2D eigenvalue weighted by molar-refractivity contribution is 5.79. The van der Waals surface area contributed by atoms with Crippen LogP contribution in [0.25, 0.3) is 0 Å². The largest absolute Gasteiger partial charge is 0.385 e. The molecule has 0 atom stereocenters. The number of benzene rings is 1. The normalized spacial score (nSPS) is 16.5. The molecule has 0 amide bonds. The zero-order valence-corrected chi connectivity index (χ0v) is 15.8. The van der Waals surface area contributed by atoms with Crippen LogP contribution in [0.3, 0.4) is 0 Å². The second kappa shape index (κ2) is 10.3. The van der Waals surface area contributed by atoms with Gasteiger partial charge in [0.1, 0.15) is 0 Å². The van der Waals surface area contributed by atoms with E-state index in [-0.39, 0.29) is 5.54 Å². The van der Waals surface area contributed by atoms with E-state index in [4.69, 9.17) is 4.74 Å². The first-order chi connectivity index (χ1) is 12.1. The number of anilines is 1. The highest BCUT2D eigenvalue weighted by Crippen LogP contribution is 2.14. The first-order valence-electron chi connectivity index (χ1n) is 9.18. The molecule has 25 heavy (non-hydrogen) atoms. The summed E-state index contributed by atoms with van der Waals surface area (Å²) in [6.07, 6.45) is 1.03. The van der Waals surface area contributed by atoms with Crippen molar-refractivity contribution in [2.75, 3.05) is 58.3 Å². The topological polar surface area (TPSA) is 60.9 Å². The number of guanidine groups is 1. The Morgan fingerprint density at radius 3 is 2.52 bits per heavy atom. The summed E-state index contributed by atoms with van der Waals surface area (Å²) in [6, 6.07) is 10.3. The van der Waals surface area contributed by atoms with Gasteiger partial charge >= 0.3 is 0 Å². The van der Waals surface area contributed by atoms with E-state index in [1.54, 1.807) is 0 Å². The minimum absolute atomic E-state index is 0.0796. The molecule has 1 heterocycles. The fourth-order valence-electron chi connectivity index (χ4n) is 2.89. The molecule has 0 unspecified atom stereocenters. The van der Waals surface area contributed by atoms with Gasteiger partial charge in [-0.15, -0.1) is 0 Å². The lowest BCUT2D eigenvalue weighted by Gasteiger charge is -2.41. The summed E-state index contributed by atoms with van der Waals surface area (Å²) in [6.45, 7) is 10.8. The predicted molar refractivity (Wildman–Crippen MR) is 105 cm³/mol. The molecule has 0 bridgehead atoms. The van der Waals surface area contributed by atoms with Crippen molar-refractivity contribution in [3.05, 3.63) is 30.3 Å². The molecule has 1 aromatic rings. The number of para-hydroxylation sites is 1. The van der Waals surface area contributed by atoms with Crippen LogP contribution in [0.15, 0.2) is 35.3 Å². The molecule has 0 aromatic heterocycles. The van der Waals surface area contributed by atoms with Gasteiger partial charge in [-0.3, -0.25) is 9.89 Å². The summed E-state index contributed by atoms with van der Waals surface area (Å²) in [7, 11) is 1.82. The Kier molecular flexibility index (Phi) is 8.01. The molecule has 1 saturated heterocycles. The lowest BCUT2D eigenvalue weighted by Crippen LogP contribution is -2.56. The van der Waals surface area contributed by atoms with Crippen LogP contribution in [0.2, 0.25) is 0 Å². The Bertz CT molecular complexity index is 512. The van der Waals surface area contributed by atoms with E-state index >= 15 is 0 Å². The summed E-state index contributed by atoms with van der Waals surface area (Å²) in [5.74, 6) is 0.862. The molecule has 1 aliphatic heterocycles. The summed E-state index contributed by atoms with van der Waals surface area (Å²) in [4.78, 5) is 6.80. The molecule has 0 spiro atoms. The standard InChI is InChI=1S/C19H33N5O/c1-19(2,24-12-14-25-15-13-24)16-23-18(20-3)22-11-7-10-21-17-8-5-4-6-9-17/h4-6,8-9,21H,7,10-16H2,1-3H3,(H2,20,22,23). The minimum atomic E-state index is 0.0796. The molecule has 140 valence electrons. The van der Waals surface area contributed by atoms with Crippen molar-refractivity contribution in [1.82, 2.24) is 15.5 Å². The van der Waals surface area contributed by atoms with Crippen LogP contribution in [0.4, 0.5) is 5.69 Å². The number of rotatable bonds is 8. The predicted octanol–water partition coefficient (Wildman–Crippen LogP) is 1.76. The van der Waals surface area contributed by atoms with Crippen LogP contribution in [0, 0.1) is 0 Å². The maximum atomic E-state index is 5.45. The van der Waals surface area contributed by atoms with Crippen molar-refractivity contribution >= 4 is 11.6 Å². The number of ether oxygens (including phenoxy) is 1. The molecule has 1 aliphatic rings. The molecule has 0 aliphatic carbocycles. The maximum absolute atomic E-state index is 5.45. The van der Waals surface area contributed by atoms with E-state index in [0.717, 1.165) is 64.0 Å². The molecule has 2 rings (SSSR count). The van der Waals surface area contributed by atoms with Gasteiger partial charge in [0, 0.05) is 51.0 Å². The van der Waals surface area contributed by atoms with Crippen molar-refractivity contribution in [3.63, 3.8) is 0 Å². The molecular weight excluding hydrogens is 314 g/mol. The summed E-state index contributed by atoms with van der Waals surface area (Å²) < 4.78 is 5.45. The SMILES string of the molecule is CN=C(NCCCNc1ccccc1)NCC(C)(C)N1CCOCC1. The monoisotopic (exact) mass is 347 g/mol. The highest BCUT2D eigenvalue weighted by Gasteiger charge is 2.28.